The van der Waals surface area contributed by atoms with Crippen LogP contribution in [0.1, 0.15) is 15.9 Å². The second kappa shape index (κ2) is 9.15. The SMILES string of the molecule is Cc1ccc(-c2nnc(S/C(=N\Nc3ccccc3)C(=O)c3cccnc3)o2)cc1. The average Bonchev–Trinajstić information content (AvgIpc) is 3.26. The average molecular weight is 415 g/mol. The molecular formula is C22H17N5O2S. The molecule has 0 saturated heterocycles. The standard InChI is InChI=1S/C22H17N5O2S/c1-15-9-11-16(12-10-15)20-25-27-22(29-20)30-21(19(28)17-6-5-13-23-14-17)26-24-18-7-3-2-4-8-18/h2-14,24H,1H3/b26-21-. The van der Waals surface area contributed by atoms with Crippen LogP contribution >= 0.6 is 11.8 Å². The largest absolute Gasteiger partial charge is 0.411 e. The number of thioether (sulfide) groups is 1. The zero-order chi connectivity index (χ0) is 20.8. The Morgan fingerprint density at radius 1 is 1.00 bits per heavy atom. The zero-order valence-electron chi connectivity index (χ0n) is 16.0. The molecule has 0 unspecified atom stereocenters. The van der Waals surface area contributed by atoms with E-state index in [9.17, 15) is 4.79 Å². The summed E-state index contributed by atoms with van der Waals surface area (Å²) in [7, 11) is 0. The number of aromatic nitrogens is 3. The van der Waals surface area contributed by atoms with Crippen LogP contribution in [-0.4, -0.2) is 26.0 Å². The van der Waals surface area contributed by atoms with Crippen LogP contribution in [0.4, 0.5) is 5.69 Å². The molecule has 0 spiro atoms. The summed E-state index contributed by atoms with van der Waals surface area (Å²) >= 11 is 0.999. The van der Waals surface area contributed by atoms with E-state index < -0.39 is 0 Å². The molecule has 1 N–H and O–H groups in total. The van der Waals surface area contributed by atoms with Gasteiger partial charge in [0.25, 0.3) is 5.22 Å². The maximum absolute atomic E-state index is 13.0. The number of carbonyl (C=O) groups is 1. The number of nitrogens with zero attached hydrogens (tertiary/aromatic N) is 4. The maximum Gasteiger partial charge on any atom is 0.283 e. The normalized spacial score (nSPS) is 11.3. The maximum atomic E-state index is 13.0. The Bertz CT molecular complexity index is 1160. The Morgan fingerprint density at radius 3 is 2.53 bits per heavy atom. The third kappa shape index (κ3) is 4.79. The number of nitrogens with one attached hydrogen (secondary N) is 1. The predicted octanol–water partition coefficient (Wildman–Crippen LogP) is 4.84. The first-order valence-electron chi connectivity index (χ1n) is 9.11. The fourth-order valence-corrected chi connectivity index (χ4v) is 3.18. The molecule has 2 aromatic carbocycles. The van der Waals surface area contributed by atoms with Crippen molar-refractivity contribution in [2.24, 2.45) is 5.10 Å². The molecule has 0 fully saturated rings. The van der Waals surface area contributed by atoms with Crippen molar-refractivity contribution in [2.45, 2.75) is 12.1 Å². The minimum atomic E-state index is -0.299. The van der Waals surface area contributed by atoms with Gasteiger partial charge in [-0.15, -0.1) is 10.2 Å². The quantitative estimate of drug-likeness (QED) is 0.158. The van der Waals surface area contributed by atoms with Gasteiger partial charge in [-0.1, -0.05) is 35.9 Å². The van der Waals surface area contributed by atoms with Crippen LogP contribution in [0.15, 0.2) is 93.9 Å². The molecule has 2 aromatic heterocycles. The molecule has 30 heavy (non-hydrogen) atoms. The molecule has 0 saturated carbocycles. The highest BCUT2D eigenvalue weighted by Crippen LogP contribution is 2.25. The number of carbonyl (C=O) groups excluding carboxylic acids is 1. The molecule has 8 heteroatoms. The Kier molecular flexibility index (Phi) is 5.95. The summed E-state index contributed by atoms with van der Waals surface area (Å²) in [5.41, 5.74) is 6.00. The third-order valence-electron chi connectivity index (χ3n) is 4.07. The molecule has 148 valence electrons. The van der Waals surface area contributed by atoms with Gasteiger partial charge in [-0.05, 0) is 55.1 Å². The van der Waals surface area contributed by atoms with Crippen molar-refractivity contribution in [3.8, 4) is 11.5 Å². The molecule has 0 aliphatic rings. The number of Topliss-reactive ketones (excluding diaryl/α,β-unsaturated/α-hetero) is 1. The van der Waals surface area contributed by atoms with Gasteiger partial charge in [0.2, 0.25) is 11.7 Å². The lowest BCUT2D eigenvalue weighted by atomic mass is 10.1. The van der Waals surface area contributed by atoms with Crippen LogP contribution in [0.2, 0.25) is 0 Å². The van der Waals surface area contributed by atoms with Crippen LogP contribution in [0.25, 0.3) is 11.5 Å². The van der Waals surface area contributed by atoms with Gasteiger partial charge in [0, 0.05) is 23.5 Å². The van der Waals surface area contributed by atoms with E-state index in [0.29, 0.717) is 11.5 Å². The van der Waals surface area contributed by atoms with Crippen LogP contribution in [0.3, 0.4) is 0 Å². The molecular weight excluding hydrogens is 398 g/mol. The fraction of sp³-hybridized carbons (Fsp3) is 0.0455. The fourth-order valence-electron chi connectivity index (χ4n) is 2.52. The number of para-hydroxylation sites is 1. The molecule has 0 bridgehead atoms. The molecule has 0 atom stereocenters. The lowest BCUT2D eigenvalue weighted by molar-refractivity contribution is 0.106. The zero-order valence-corrected chi connectivity index (χ0v) is 16.8. The van der Waals surface area contributed by atoms with Crippen molar-refractivity contribution in [3.63, 3.8) is 0 Å². The van der Waals surface area contributed by atoms with Gasteiger partial charge in [0.05, 0.1) is 5.69 Å². The van der Waals surface area contributed by atoms with Crippen LogP contribution in [-0.2, 0) is 0 Å². The van der Waals surface area contributed by atoms with E-state index in [1.54, 1.807) is 18.3 Å². The van der Waals surface area contributed by atoms with E-state index in [1.165, 1.54) is 6.20 Å². The summed E-state index contributed by atoms with van der Waals surface area (Å²) < 4.78 is 5.74. The van der Waals surface area contributed by atoms with Crippen LogP contribution < -0.4 is 5.43 Å². The molecule has 0 aliphatic carbocycles. The van der Waals surface area contributed by atoms with Gasteiger partial charge in [0.15, 0.2) is 5.04 Å². The first kappa shape index (κ1) is 19.5. The molecule has 0 amide bonds. The first-order valence-corrected chi connectivity index (χ1v) is 9.92. The second-order valence-corrected chi connectivity index (χ2v) is 7.25. The van der Waals surface area contributed by atoms with Crippen molar-refractivity contribution in [3.05, 3.63) is 90.3 Å². The lowest BCUT2D eigenvalue weighted by Gasteiger charge is -2.05. The molecule has 0 radical (unpaired) electrons. The highest BCUT2D eigenvalue weighted by atomic mass is 32.2. The van der Waals surface area contributed by atoms with Crippen molar-refractivity contribution in [1.82, 2.24) is 15.2 Å². The number of ketones is 1. The monoisotopic (exact) mass is 415 g/mol. The number of benzene rings is 2. The topological polar surface area (TPSA) is 93.3 Å². The van der Waals surface area contributed by atoms with Gasteiger partial charge < -0.3 is 4.42 Å². The summed E-state index contributed by atoms with van der Waals surface area (Å²) in [5, 5.41) is 12.8. The Balaban J connectivity index is 1.59. The summed E-state index contributed by atoms with van der Waals surface area (Å²) in [6.45, 7) is 2.01. The highest BCUT2D eigenvalue weighted by Gasteiger charge is 2.20. The minimum absolute atomic E-state index is 0.158. The van der Waals surface area contributed by atoms with E-state index >= 15 is 0 Å². The van der Waals surface area contributed by atoms with Gasteiger partial charge in [0.1, 0.15) is 0 Å². The lowest BCUT2D eigenvalue weighted by Crippen LogP contribution is -2.13. The molecule has 7 nitrogen and oxygen atoms in total. The molecule has 0 aliphatic heterocycles. The van der Waals surface area contributed by atoms with Crippen molar-refractivity contribution >= 4 is 28.3 Å². The third-order valence-corrected chi connectivity index (χ3v) is 4.88. The van der Waals surface area contributed by atoms with Crippen molar-refractivity contribution in [1.29, 1.82) is 0 Å². The summed E-state index contributed by atoms with van der Waals surface area (Å²) in [6.07, 6.45) is 3.10. The van der Waals surface area contributed by atoms with E-state index in [2.05, 4.69) is 25.7 Å². The molecule has 2 heterocycles. The van der Waals surface area contributed by atoms with Crippen LogP contribution in [0, 0.1) is 6.92 Å². The van der Waals surface area contributed by atoms with Gasteiger partial charge in [-0.3, -0.25) is 15.2 Å². The van der Waals surface area contributed by atoms with E-state index in [0.717, 1.165) is 28.6 Å². The number of aryl methyl sites for hydroxylation is 1. The van der Waals surface area contributed by atoms with Gasteiger partial charge in [-0.2, -0.15) is 5.10 Å². The van der Waals surface area contributed by atoms with Crippen LogP contribution in [0.5, 0.6) is 0 Å². The van der Waals surface area contributed by atoms with Gasteiger partial charge in [-0.25, -0.2) is 0 Å². The second-order valence-electron chi connectivity index (χ2n) is 6.31. The number of anilines is 1. The number of hydrazone groups is 1. The molecule has 4 rings (SSSR count). The van der Waals surface area contributed by atoms with E-state index in [4.69, 9.17) is 4.42 Å². The predicted molar refractivity (Wildman–Crippen MR) is 116 cm³/mol. The van der Waals surface area contributed by atoms with Gasteiger partial charge >= 0.3 is 0 Å². The number of rotatable bonds is 6. The van der Waals surface area contributed by atoms with Crippen molar-refractivity contribution < 1.29 is 9.21 Å². The number of hydrogen-bond acceptors (Lipinski definition) is 8. The number of pyridine rings is 1. The first-order chi connectivity index (χ1) is 14.7. The van der Waals surface area contributed by atoms with E-state index in [-0.39, 0.29) is 16.0 Å². The Morgan fingerprint density at radius 2 is 1.80 bits per heavy atom. The smallest absolute Gasteiger partial charge is 0.283 e. The Hall–Kier alpha value is -3.78. The molecule has 4 aromatic rings. The summed E-state index contributed by atoms with van der Waals surface area (Å²) in [6, 6.07) is 20.5. The minimum Gasteiger partial charge on any atom is -0.411 e. The number of hydrogen-bond donors (Lipinski definition) is 1. The van der Waals surface area contributed by atoms with E-state index in [1.807, 2.05) is 61.5 Å². The summed E-state index contributed by atoms with van der Waals surface area (Å²) in [5.74, 6) is 0.0771. The van der Waals surface area contributed by atoms with Crippen molar-refractivity contribution in [2.75, 3.05) is 5.43 Å². The highest BCUT2D eigenvalue weighted by molar-refractivity contribution is 8.15. The summed E-state index contributed by atoms with van der Waals surface area (Å²) in [4.78, 5) is 17.0. The Labute approximate surface area is 177 Å².